The van der Waals surface area contributed by atoms with Crippen LogP contribution in [0.3, 0.4) is 0 Å². The zero-order valence-electron chi connectivity index (χ0n) is 12.5. The van der Waals surface area contributed by atoms with Gasteiger partial charge in [-0.25, -0.2) is 4.79 Å². The van der Waals surface area contributed by atoms with Gasteiger partial charge in [0.15, 0.2) is 5.58 Å². The number of aryl methyl sites for hydroxylation is 1. The summed E-state index contributed by atoms with van der Waals surface area (Å²) in [5.41, 5.74) is 2.87. The Morgan fingerprint density at radius 1 is 1.22 bits per heavy atom. The first-order valence-electron chi connectivity index (χ1n) is 7.17. The van der Waals surface area contributed by atoms with Crippen molar-refractivity contribution in [1.82, 2.24) is 9.88 Å². The molecular weight excluding hydrogens is 316 g/mol. The third-order valence-corrected chi connectivity index (χ3v) is 3.91. The molecule has 6 heteroatoms. The number of aromatic nitrogens is 1. The van der Waals surface area contributed by atoms with Crippen molar-refractivity contribution in [3.63, 3.8) is 0 Å². The Morgan fingerprint density at radius 2 is 1.96 bits per heavy atom. The number of benzene rings is 2. The van der Waals surface area contributed by atoms with Crippen LogP contribution in [-0.2, 0) is 13.5 Å². The highest BCUT2D eigenvalue weighted by molar-refractivity contribution is 6.30. The second-order valence-electron chi connectivity index (χ2n) is 5.24. The Labute approximate surface area is 137 Å². The number of fused-ring (bicyclic) bond motifs is 1. The monoisotopic (exact) mass is 330 g/mol. The van der Waals surface area contributed by atoms with Gasteiger partial charge in [-0.15, -0.1) is 0 Å². The quantitative estimate of drug-likeness (QED) is 0.800. The summed E-state index contributed by atoms with van der Waals surface area (Å²) < 4.78 is 6.61. The number of rotatable bonds is 4. The lowest BCUT2D eigenvalue weighted by Crippen LogP contribution is -2.25. The molecule has 0 aliphatic heterocycles. The van der Waals surface area contributed by atoms with E-state index in [2.05, 4.69) is 5.32 Å². The second kappa shape index (κ2) is 6.30. The Bertz CT molecular complexity index is 910. The third-order valence-electron chi connectivity index (χ3n) is 3.66. The van der Waals surface area contributed by atoms with Crippen molar-refractivity contribution >= 4 is 28.6 Å². The zero-order chi connectivity index (χ0) is 16.4. The van der Waals surface area contributed by atoms with Gasteiger partial charge in [0.05, 0.1) is 5.52 Å². The maximum atomic E-state index is 12.0. The molecule has 3 rings (SSSR count). The number of oxazole rings is 1. The number of amides is 1. The molecule has 3 aromatic rings. The van der Waals surface area contributed by atoms with E-state index in [1.54, 1.807) is 31.3 Å². The molecule has 0 aliphatic carbocycles. The van der Waals surface area contributed by atoms with Gasteiger partial charge in [-0.1, -0.05) is 17.7 Å². The van der Waals surface area contributed by atoms with Crippen LogP contribution >= 0.6 is 11.6 Å². The molecule has 1 heterocycles. The van der Waals surface area contributed by atoms with E-state index in [0.717, 1.165) is 11.1 Å². The molecule has 0 atom stereocenters. The summed E-state index contributed by atoms with van der Waals surface area (Å²) in [5, 5.41) is 3.45. The molecule has 0 radical (unpaired) electrons. The van der Waals surface area contributed by atoms with E-state index in [1.807, 2.05) is 18.2 Å². The minimum absolute atomic E-state index is 0.144. The Hall–Kier alpha value is -2.53. The van der Waals surface area contributed by atoms with Crippen LogP contribution < -0.4 is 11.1 Å². The molecular formula is C17H15ClN2O3. The van der Waals surface area contributed by atoms with E-state index in [1.165, 1.54) is 4.57 Å². The first-order chi connectivity index (χ1) is 11.0. The van der Waals surface area contributed by atoms with Crippen molar-refractivity contribution in [3.8, 4) is 0 Å². The van der Waals surface area contributed by atoms with Crippen LogP contribution in [0, 0.1) is 0 Å². The molecule has 1 aromatic heterocycles. The number of carbonyl (C=O) groups excluding carboxylic acids is 1. The summed E-state index contributed by atoms with van der Waals surface area (Å²) in [4.78, 5) is 23.5. The summed E-state index contributed by atoms with van der Waals surface area (Å²) in [6.45, 7) is 0.490. The van der Waals surface area contributed by atoms with Crippen LogP contribution in [-0.4, -0.2) is 17.0 Å². The summed E-state index contributed by atoms with van der Waals surface area (Å²) in [6.07, 6.45) is 0.647. The predicted molar refractivity (Wildman–Crippen MR) is 88.9 cm³/mol. The maximum absolute atomic E-state index is 12.0. The van der Waals surface area contributed by atoms with Crippen molar-refractivity contribution in [3.05, 3.63) is 69.2 Å². The third kappa shape index (κ3) is 3.29. The number of nitrogens with one attached hydrogen (secondary N) is 1. The molecule has 0 spiro atoms. The van der Waals surface area contributed by atoms with Crippen molar-refractivity contribution in [1.29, 1.82) is 0 Å². The first-order valence-corrected chi connectivity index (χ1v) is 7.54. The van der Waals surface area contributed by atoms with E-state index in [-0.39, 0.29) is 11.7 Å². The molecule has 1 amide bonds. The Balaban J connectivity index is 1.63. The van der Waals surface area contributed by atoms with Gasteiger partial charge in [0.1, 0.15) is 0 Å². The fraction of sp³-hybridized carbons (Fsp3) is 0.176. The number of hydrogen-bond acceptors (Lipinski definition) is 3. The summed E-state index contributed by atoms with van der Waals surface area (Å²) >= 11 is 5.80. The lowest BCUT2D eigenvalue weighted by molar-refractivity contribution is 0.0954. The highest BCUT2D eigenvalue weighted by atomic mass is 35.5. The summed E-state index contributed by atoms with van der Waals surface area (Å²) in [6, 6.07) is 12.3. The number of halogens is 1. The molecule has 5 nitrogen and oxygen atoms in total. The molecule has 0 bridgehead atoms. The predicted octanol–water partition coefficient (Wildman–Crippen LogP) is 2.76. The average molecular weight is 331 g/mol. The van der Waals surface area contributed by atoms with Gasteiger partial charge in [0.2, 0.25) is 0 Å². The first kappa shape index (κ1) is 15.4. The summed E-state index contributed by atoms with van der Waals surface area (Å²) in [7, 11) is 1.67. The minimum atomic E-state index is -0.381. The van der Waals surface area contributed by atoms with Gasteiger partial charge >= 0.3 is 5.76 Å². The van der Waals surface area contributed by atoms with E-state index in [4.69, 9.17) is 16.0 Å². The van der Waals surface area contributed by atoms with Gasteiger partial charge in [-0.2, -0.15) is 0 Å². The van der Waals surface area contributed by atoms with Crippen molar-refractivity contribution in [2.75, 3.05) is 6.54 Å². The number of carbonyl (C=O) groups is 1. The van der Waals surface area contributed by atoms with Gasteiger partial charge < -0.3 is 9.73 Å². The fourth-order valence-electron chi connectivity index (χ4n) is 2.36. The molecule has 118 valence electrons. The van der Waals surface area contributed by atoms with Gasteiger partial charge in [0.25, 0.3) is 5.91 Å². The van der Waals surface area contributed by atoms with Crippen molar-refractivity contribution in [2.24, 2.45) is 7.05 Å². The SMILES string of the molecule is Cn1c(=O)oc2cc(CCNC(=O)c3ccc(Cl)cc3)ccc21. The molecule has 0 saturated carbocycles. The molecule has 2 aromatic carbocycles. The standard InChI is InChI=1S/C17H15ClN2O3/c1-20-14-7-2-11(10-15(14)23-17(20)22)8-9-19-16(21)12-3-5-13(18)6-4-12/h2-7,10H,8-9H2,1H3,(H,19,21). The van der Waals surface area contributed by atoms with E-state index in [0.29, 0.717) is 29.1 Å². The minimum Gasteiger partial charge on any atom is -0.408 e. The lowest BCUT2D eigenvalue weighted by Gasteiger charge is -2.05. The van der Waals surface area contributed by atoms with Crippen molar-refractivity contribution in [2.45, 2.75) is 6.42 Å². The highest BCUT2D eigenvalue weighted by Gasteiger charge is 2.07. The molecule has 0 fully saturated rings. The average Bonchev–Trinajstić information content (AvgIpc) is 2.82. The Kier molecular flexibility index (Phi) is 4.21. The number of hydrogen-bond donors (Lipinski definition) is 1. The molecule has 0 unspecified atom stereocenters. The maximum Gasteiger partial charge on any atom is 0.419 e. The topological polar surface area (TPSA) is 64.2 Å². The van der Waals surface area contributed by atoms with Crippen LogP contribution in [0.25, 0.3) is 11.1 Å². The molecule has 23 heavy (non-hydrogen) atoms. The second-order valence-corrected chi connectivity index (χ2v) is 5.68. The van der Waals surface area contributed by atoms with E-state index >= 15 is 0 Å². The van der Waals surface area contributed by atoms with Crippen LogP contribution in [0.15, 0.2) is 51.7 Å². The van der Waals surface area contributed by atoms with Crippen LogP contribution in [0.5, 0.6) is 0 Å². The highest BCUT2D eigenvalue weighted by Crippen LogP contribution is 2.14. The zero-order valence-corrected chi connectivity index (χ0v) is 13.3. The fourth-order valence-corrected chi connectivity index (χ4v) is 2.48. The molecule has 0 saturated heterocycles. The largest absolute Gasteiger partial charge is 0.419 e. The van der Waals surface area contributed by atoms with Gasteiger partial charge in [-0.05, 0) is 48.4 Å². The van der Waals surface area contributed by atoms with Crippen LogP contribution in [0.1, 0.15) is 15.9 Å². The van der Waals surface area contributed by atoms with Crippen LogP contribution in [0.4, 0.5) is 0 Å². The van der Waals surface area contributed by atoms with E-state index in [9.17, 15) is 9.59 Å². The smallest absolute Gasteiger partial charge is 0.408 e. The molecule has 1 N–H and O–H groups in total. The number of nitrogens with zero attached hydrogens (tertiary/aromatic N) is 1. The van der Waals surface area contributed by atoms with Gasteiger partial charge in [-0.3, -0.25) is 9.36 Å². The normalized spacial score (nSPS) is 10.9. The van der Waals surface area contributed by atoms with Gasteiger partial charge in [0, 0.05) is 24.2 Å². The lowest BCUT2D eigenvalue weighted by atomic mass is 10.1. The molecule has 0 aliphatic rings. The van der Waals surface area contributed by atoms with Crippen molar-refractivity contribution < 1.29 is 9.21 Å². The Morgan fingerprint density at radius 3 is 2.70 bits per heavy atom. The van der Waals surface area contributed by atoms with E-state index < -0.39 is 0 Å². The summed E-state index contributed by atoms with van der Waals surface area (Å²) in [5.74, 6) is -0.526. The van der Waals surface area contributed by atoms with Crippen LogP contribution in [0.2, 0.25) is 5.02 Å².